The van der Waals surface area contributed by atoms with Gasteiger partial charge in [-0.3, -0.25) is 9.59 Å². The molecule has 0 aliphatic rings. The number of amides is 2. The first-order valence-corrected chi connectivity index (χ1v) is 8.51. The van der Waals surface area contributed by atoms with Crippen LogP contribution < -0.4 is 5.32 Å². The lowest BCUT2D eigenvalue weighted by Gasteiger charge is -2.21. The van der Waals surface area contributed by atoms with Crippen LogP contribution in [-0.2, 0) is 9.59 Å². The quantitative estimate of drug-likeness (QED) is 0.784. The summed E-state index contributed by atoms with van der Waals surface area (Å²) in [5, 5.41) is 3.03. The Hall–Kier alpha value is -1.84. The van der Waals surface area contributed by atoms with Crippen LogP contribution in [0.25, 0.3) is 0 Å². The van der Waals surface area contributed by atoms with E-state index >= 15 is 0 Å². The number of hydrogen-bond acceptors (Lipinski definition) is 2. The standard InChI is InChI=1S/C19H30N2O2/c1-6-7-12-21(16(5)22)13-11-18(23)20-19-15(4)9-8-10-17(19)14(2)3/h8-10,14H,6-7,11-13H2,1-5H3,(H,20,23). The first-order valence-electron chi connectivity index (χ1n) is 8.51. The molecule has 0 bridgehead atoms. The van der Waals surface area contributed by atoms with Gasteiger partial charge in [0.15, 0.2) is 0 Å². The van der Waals surface area contributed by atoms with Crippen molar-refractivity contribution < 1.29 is 9.59 Å². The van der Waals surface area contributed by atoms with Gasteiger partial charge >= 0.3 is 0 Å². The van der Waals surface area contributed by atoms with Gasteiger partial charge in [-0.05, 0) is 30.4 Å². The molecule has 1 aromatic rings. The summed E-state index contributed by atoms with van der Waals surface area (Å²) in [4.78, 5) is 25.7. The highest BCUT2D eigenvalue weighted by atomic mass is 16.2. The Morgan fingerprint density at radius 3 is 2.48 bits per heavy atom. The third kappa shape index (κ3) is 6.05. The molecular formula is C19H30N2O2. The van der Waals surface area contributed by atoms with Crippen molar-refractivity contribution in [2.75, 3.05) is 18.4 Å². The number of benzene rings is 1. The third-order valence-electron chi connectivity index (χ3n) is 4.03. The predicted molar refractivity (Wildman–Crippen MR) is 95.7 cm³/mol. The summed E-state index contributed by atoms with van der Waals surface area (Å²) in [6.07, 6.45) is 2.34. The van der Waals surface area contributed by atoms with Crippen LogP contribution >= 0.6 is 0 Å². The fourth-order valence-corrected chi connectivity index (χ4v) is 2.56. The lowest BCUT2D eigenvalue weighted by molar-refractivity contribution is -0.129. The van der Waals surface area contributed by atoms with Gasteiger partial charge in [0, 0.05) is 32.1 Å². The molecule has 0 atom stereocenters. The molecule has 0 spiro atoms. The second-order valence-corrected chi connectivity index (χ2v) is 6.35. The number of nitrogens with zero attached hydrogens (tertiary/aromatic N) is 1. The number of carbonyl (C=O) groups excluding carboxylic acids is 2. The Morgan fingerprint density at radius 2 is 1.91 bits per heavy atom. The van der Waals surface area contributed by atoms with Crippen LogP contribution in [0.1, 0.15) is 64.0 Å². The van der Waals surface area contributed by atoms with Gasteiger partial charge in [0.05, 0.1) is 0 Å². The van der Waals surface area contributed by atoms with Crippen LogP contribution in [0.3, 0.4) is 0 Å². The molecule has 0 aliphatic heterocycles. The molecule has 0 aliphatic carbocycles. The lowest BCUT2D eigenvalue weighted by Crippen LogP contribution is -2.33. The van der Waals surface area contributed by atoms with Crippen LogP contribution in [-0.4, -0.2) is 29.8 Å². The van der Waals surface area contributed by atoms with Gasteiger partial charge in [0.25, 0.3) is 0 Å². The molecule has 1 aromatic carbocycles. The zero-order valence-corrected chi connectivity index (χ0v) is 15.1. The van der Waals surface area contributed by atoms with E-state index in [4.69, 9.17) is 0 Å². The Labute approximate surface area is 140 Å². The minimum absolute atomic E-state index is 0.0324. The first-order chi connectivity index (χ1) is 10.9. The van der Waals surface area contributed by atoms with Crippen molar-refractivity contribution in [1.82, 2.24) is 4.90 Å². The zero-order chi connectivity index (χ0) is 17.4. The zero-order valence-electron chi connectivity index (χ0n) is 15.1. The fraction of sp³-hybridized carbons (Fsp3) is 0.579. The Morgan fingerprint density at radius 1 is 1.22 bits per heavy atom. The van der Waals surface area contributed by atoms with Gasteiger partial charge in [-0.25, -0.2) is 0 Å². The maximum absolute atomic E-state index is 12.3. The summed E-state index contributed by atoms with van der Waals surface area (Å²) in [7, 11) is 0. The predicted octanol–water partition coefficient (Wildman–Crippen LogP) is 4.10. The van der Waals surface area contributed by atoms with Crippen molar-refractivity contribution in [2.45, 2.75) is 59.8 Å². The van der Waals surface area contributed by atoms with Crippen molar-refractivity contribution in [1.29, 1.82) is 0 Å². The summed E-state index contributed by atoms with van der Waals surface area (Å²) < 4.78 is 0. The number of anilines is 1. The highest BCUT2D eigenvalue weighted by Crippen LogP contribution is 2.27. The second-order valence-electron chi connectivity index (χ2n) is 6.35. The van der Waals surface area contributed by atoms with Crippen LogP contribution in [0.15, 0.2) is 18.2 Å². The smallest absolute Gasteiger partial charge is 0.226 e. The van der Waals surface area contributed by atoms with Crippen molar-refractivity contribution in [3.8, 4) is 0 Å². The van der Waals surface area contributed by atoms with Crippen molar-refractivity contribution in [2.24, 2.45) is 0 Å². The summed E-state index contributed by atoms with van der Waals surface area (Å²) in [6.45, 7) is 11.1. The number of para-hydroxylation sites is 1. The van der Waals surface area contributed by atoms with E-state index in [-0.39, 0.29) is 11.8 Å². The number of carbonyl (C=O) groups is 2. The molecule has 1 rings (SSSR count). The van der Waals surface area contributed by atoms with Crippen molar-refractivity contribution >= 4 is 17.5 Å². The number of rotatable bonds is 8. The van der Waals surface area contributed by atoms with Gasteiger partial charge in [0.1, 0.15) is 0 Å². The molecule has 0 saturated heterocycles. The molecule has 23 heavy (non-hydrogen) atoms. The molecule has 1 N–H and O–H groups in total. The Bertz CT molecular complexity index is 538. The lowest BCUT2D eigenvalue weighted by atomic mass is 9.98. The van der Waals surface area contributed by atoms with Crippen LogP contribution in [0.4, 0.5) is 5.69 Å². The molecule has 0 aromatic heterocycles. The highest BCUT2D eigenvalue weighted by Gasteiger charge is 2.14. The average Bonchev–Trinajstić information content (AvgIpc) is 2.48. The van der Waals surface area contributed by atoms with E-state index in [1.807, 2.05) is 19.1 Å². The fourth-order valence-electron chi connectivity index (χ4n) is 2.56. The molecule has 0 fully saturated rings. The molecule has 0 saturated carbocycles. The average molecular weight is 318 g/mol. The normalized spacial score (nSPS) is 10.7. The van der Waals surface area contributed by atoms with E-state index in [2.05, 4.69) is 32.2 Å². The van der Waals surface area contributed by atoms with Gasteiger partial charge in [-0.2, -0.15) is 0 Å². The summed E-state index contributed by atoms with van der Waals surface area (Å²) >= 11 is 0. The largest absolute Gasteiger partial charge is 0.342 e. The first kappa shape index (κ1) is 19.2. The maximum atomic E-state index is 12.3. The Balaban J connectivity index is 2.68. The summed E-state index contributed by atoms with van der Waals surface area (Å²) in [5.41, 5.74) is 3.13. The summed E-state index contributed by atoms with van der Waals surface area (Å²) in [6, 6.07) is 6.07. The van der Waals surface area contributed by atoms with Crippen molar-refractivity contribution in [3.63, 3.8) is 0 Å². The minimum atomic E-state index is -0.0380. The minimum Gasteiger partial charge on any atom is -0.342 e. The van der Waals surface area contributed by atoms with Gasteiger partial charge in [-0.1, -0.05) is 45.4 Å². The van der Waals surface area contributed by atoms with E-state index in [0.29, 0.717) is 18.9 Å². The van der Waals surface area contributed by atoms with E-state index < -0.39 is 0 Å². The van der Waals surface area contributed by atoms with Crippen LogP contribution in [0.2, 0.25) is 0 Å². The van der Waals surface area contributed by atoms with E-state index in [9.17, 15) is 9.59 Å². The molecule has 0 unspecified atom stereocenters. The molecule has 4 heteroatoms. The molecule has 0 heterocycles. The van der Waals surface area contributed by atoms with Crippen LogP contribution in [0, 0.1) is 6.92 Å². The topological polar surface area (TPSA) is 49.4 Å². The molecule has 128 valence electrons. The maximum Gasteiger partial charge on any atom is 0.226 e. The number of nitrogens with one attached hydrogen (secondary N) is 1. The van der Waals surface area contributed by atoms with E-state index in [0.717, 1.165) is 36.2 Å². The highest BCUT2D eigenvalue weighted by molar-refractivity contribution is 5.92. The SMILES string of the molecule is CCCCN(CCC(=O)Nc1c(C)cccc1C(C)C)C(C)=O. The van der Waals surface area contributed by atoms with Crippen molar-refractivity contribution in [3.05, 3.63) is 29.3 Å². The molecule has 0 radical (unpaired) electrons. The molecule has 2 amide bonds. The summed E-state index contributed by atoms with van der Waals surface area (Å²) in [5.74, 6) is 0.345. The van der Waals surface area contributed by atoms with Gasteiger partial charge < -0.3 is 10.2 Å². The van der Waals surface area contributed by atoms with E-state index in [1.165, 1.54) is 0 Å². The van der Waals surface area contributed by atoms with Gasteiger partial charge in [-0.15, -0.1) is 0 Å². The number of aryl methyl sites for hydroxylation is 1. The third-order valence-corrected chi connectivity index (χ3v) is 4.03. The van der Waals surface area contributed by atoms with Crippen LogP contribution in [0.5, 0.6) is 0 Å². The molecular weight excluding hydrogens is 288 g/mol. The van der Waals surface area contributed by atoms with E-state index in [1.54, 1.807) is 11.8 Å². The second kappa shape index (κ2) is 9.33. The molecule has 4 nitrogen and oxygen atoms in total. The monoisotopic (exact) mass is 318 g/mol. The Kier molecular flexibility index (Phi) is 7.79. The number of unbranched alkanes of at least 4 members (excludes halogenated alkanes) is 1. The number of hydrogen-bond donors (Lipinski definition) is 1. The van der Waals surface area contributed by atoms with Gasteiger partial charge in [0.2, 0.25) is 11.8 Å².